The summed E-state index contributed by atoms with van der Waals surface area (Å²) in [5.41, 5.74) is 0.860. The van der Waals surface area contributed by atoms with Crippen LogP contribution in [0.3, 0.4) is 0 Å². The van der Waals surface area contributed by atoms with E-state index in [4.69, 9.17) is 0 Å². The molecule has 1 aromatic carbocycles. The molecule has 20 heavy (non-hydrogen) atoms. The lowest BCUT2D eigenvalue weighted by Crippen LogP contribution is -2.44. The molecule has 2 heterocycles. The Bertz CT molecular complexity index is 479. The minimum atomic E-state index is -0.348. The van der Waals surface area contributed by atoms with Gasteiger partial charge < -0.3 is 10.2 Å². The fourth-order valence-electron chi connectivity index (χ4n) is 3.21. The molecule has 0 aromatic heterocycles. The van der Waals surface area contributed by atoms with Gasteiger partial charge in [0.2, 0.25) is 0 Å². The highest BCUT2D eigenvalue weighted by Crippen LogP contribution is 2.37. The third kappa shape index (κ3) is 2.96. The van der Waals surface area contributed by atoms with Crippen LogP contribution in [0.15, 0.2) is 24.3 Å². The number of piperidine rings is 1. The number of halogens is 2. The van der Waals surface area contributed by atoms with Crippen molar-refractivity contribution in [3.8, 4) is 0 Å². The Morgan fingerprint density at radius 3 is 2.60 bits per heavy atom. The van der Waals surface area contributed by atoms with Crippen molar-refractivity contribution >= 4 is 18.3 Å². The topological polar surface area (TPSA) is 32.3 Å². The Hall–Kier alpha value is -1.13. The van der Waals surface area contributed by atoms with E-state index in [0.29, 0.717) is 11.0 Å². The van der Waals surface area contributed by atoms with E-state index in [2.05, 4.69) is 5.32 Å². The van der Waals surface area contributed by atoms with Crippen molar-refractivity contribution in [2.45, 2.75) is 19.3 Å². The van der Waals surface area contributed by atoms with E-state index in [1.807, 2.05) is 4.90 Å². The maximum atomic E-state index is 13.2. The van der Waals surface area contributed by atoms with Gasteiger partial charge in [-0.25, -0.2) is 4.39 Å². The zero-order chi connectivity index (χ0) is 13.3. The van der Waals surface area contributed by atoms with Crippen LogP contribution in [0.2, 0.25) is 0 Å². The molecule has 5 heteroatoms. The average molecular weight is 299 g/mol. The smallest absolute Gasteiger partial charge is 0.253 e. The summed E-state index contributed by atoms with van der Waals surface area (Å²) in [6.45, 7) is 3.75. The first-order valence-electron chi connectivity index (χ1n) is 6.94. The maximum absolute atomic E-state index is 13.2. The van der Waals surface area contributed by atoms with Gasteiger partial charge >= 0.3 is 0 Å². The number of likely N-dealkylation sites (tertiary alicyclic amines) is 1. The summed E-state index contributed by atoms with van der Waals surface area (Å²) in [5.74, 6) is -0.389. The molecule has 1 spiro atoms. The predicted octanol–water partition coefficient (Wildman–Crippen LogP) is 2.46. The molecule has 2 saturated heterocycles. The summed E-state index contributed by atoms with van der Waals surface area (Å²) in [6, 6.07) is 5.97. The van der Waals surface area contributed by atoms with E-state index in [0.717, 1.165) is 39.0 Å². The molecule has 3 rings (SSSR count). The predicted molar refractivity (Wildman–Crippen MR) is 78.7 cm³/mol. The summed E-state index contributed by atoms with van der Waals surface area (Å²) in [7, 11) is 0. The van der Waals surface area contributed by atoms with Gasteiger partial charge in [0.05, 0.1) is 0 Å². The van der Waals surface area contributed by atoms with Crippen LogP contribution in [0.1, 0.15) is 29.6 Å². The van der Waals surface area contributed by atoms with Gasteiger partial charge in [0.1, 0.15) is 5.82 Å². The molecular formula is C15H20ClFN2O. The molecular weight excluding hydrogens is 279 g/mol. The lowest BCUT2D eigenvalue weighted by molar-refractivity contribution is 0.0607. The first kappa shape index (κ1) is 15.3. The van der Waals surface area contributed by atoms with Gasteiger partial charge in [-0.05, 0) is 49.4 Å². The van der Waals surface area contributed by atoms with Gasteiger partial charge in [-0.1, -0.05) is 6.07 Å². The third-order valence-electron chi connectivity index (χ3n) is 4.51. The minimum absolute atomic E-state index is 0. The molecule has 0 bridgehead atoms. The van der Waals surface area contributed by atoms with Gasteiger partial charge in [0.15, 0.2) is 0 Å². The van der Waals surface area contributed by atoms with Crippen LogP contribution in [0.5, 0.6) is 0 Å². The van der Waals surface area contributed by atoms with Crippen LogP contribution >= 0.6 is 12.4 Å². The maximum Gasteiger partial charge on any atom is 0.253 e. The van der Waals surface area contributed by atoms with E-state index in [1.54, 1.807) is 12.1 Å². The van der Waals surface area contributed by atoms with Crippen molar-refractivity contribution in [2.24, 2.45) is 5.41 Å². The fourth-order valence-corrected chi connectivity index (χ4v) is 3.21. The quantitative estimate of drug-likeness (QED) is 0.864. The van der Waals surface area contributed by atoms with Crippen LogP contribution in [-0.2, 0) is 0 Å². The van der Waals surface area contributed by atoms with Gasteiger partial charge in [-0.2, -0.15) is 0 Å². The SMILES string of the molecule is Cl.O=C(c1cccc(F)c1)N1CCC2(CCNC2)CC1. The van der Waals surface area contributed by atoms with E-state index in [9.17, 15) is 9.18 Å². The Kier molecular flexibility index (Phi) is 4.66. The van der Waals surface area contributed by atoms with Crippen LogP contribution in [0, 0.1) is 11.2 Å². The molecule has 0 saturated carbocycles. The number of benzene rings is 1. The Morgan fingerprint density at radius 2 is 2.00 bits per heavy atom. The monoisotopic (exact) mass is 298 g/mol. The molecule has 1 aromatic rings. The van der Waals surface area contributed by atoms with Crippen LogP contribution in [0.4, 0.5) is 4.39 Å². The first-order valence-corrected chi connectivity index (χ1v) is 6.94. The van der Waals surface area contributed by atoms with E-state index < -0.39 is 0 Å². The lowest BCUT2D eigenvalue weighted by atomic mass is 9.78. The molecule has 2 aliphatic rings. The number of rotatable bonds is 1. The summed E-state index contributed by atoms with van der Waals surface area (Å²) >= 11 is 0. The summed E-state index contributed by atoms with van der Waals surface area (Å²) < 4.78 is 13.2. The van der Waals surface area contributed by atoms with Gasteiger partial charge in [-0.15, -0.1) is 12.4 Å². The Morgan fingerprint density at radius 1 is 1.25 bits per heavy atom. The molecule has 0 radical (unpaired) electrons. The first-order chi connectivity index (χ1) is 9.19. The molecule has 0 aliphatic carbocycles. The molecule has 3 nitrogen and oxygen atoms in total. The Labute approximate surface area is 124 Å². The zero-order valence-electron chi connectivity index (χ0n) is 11.4. The van der Waals surface area contributed by atoms with E-state index in [-0.39, 0.29) is 24.1 Å². The normalized spacial score (nSPS) is 20.8. The number of amides is 1. The molecule has 2 aliphatic heterocycles. The number of nitrogens with zero attached hydrogens (tertiary/aromatic N) is 1. The molecule has 1 amide bonds. The molecule has 1 N–H and O–H groups in total. The van der Waals surface area contributed by atoms with Crippen LogP contribution in [-0.4, -0.2) is 37.0 Å². The number of carbonyl (C=O) groups is 1. The molecule has 0 atom stereocenters. The van der Waals surface area contributed by atoms with Crippen molar-refractivity contribution in [3.05, 3.63) is 35.6 Å². The van der Waals surface area contributed by atoms with Crippen molar-refractivity contribution in [1.82, 2.24) is 10.2 Å². The third-order valence-corrected chi connectivity index (χ3v) is 4.51. The number of hydrogen-bond donors (Lipinski definition) is 1. The highest BCUT2D eigenvalue weighted by atomic mass is 35.5. The summed E-state index contributed by atoms with van der Waals surface area (Å²) in [5, 5.41) is 3.41. The van der Waals surface area contributed by atoms with Crippen molar-refractivity contribution < 1.29 is 9.18 Å². The van der Waals surface area contributed by atoms with Gasteiger partial charge in [-0.3, -0.25) is 4.79 Å². The number of nitrogens with one attached hydrogen (secondary N) is 1. The second-order valence-corrected chi connectivity index (χ2v) is 5.73. The van der Waals surface area contributed by atoms with Gasteiger partial charge in [0, 0.05) is 25.2 Å². The van der Waals surface area contributed by atoms with E-state index >= 15 is 0 Å². The van der Waals surface area contributed by atoms with Crippen LogP contribution in [0.25, 0.3) is 0 Å². The van der Waals surface area contributed by atoms with Crippen molar-refractivity contribution in [1.29, 1.82) is 0 Å². The Balaban J connectivity index is 0.00000147. The second kappa shape index (κ2) is 6.10. The number of carbonyl (C=O) groups excluding carboxylic acids is 1. The standard InChI is InChI=1S/C15H19FN2O.ClH/c16-13-3-1-2-12(10-13)14(19)18-8-5-15(6-9-18)4-7-17-11-15;/h1-3,10,17H,4-9,11H2;1H. The van der Waals surface area contributed by atoms with Crippen molar-refractivity contribution in [2.75, 3.05) is 26.2 Å². The minimum Gasteiger partial charge on any atom is -0.339 e. The largest absolute Gasteiger partial charge is 0.339 e. The highest BCUT2D eigenvalue weighted by molar-refractivity contribution is 5.94. The second-order valence-electron chi connectivity index (χ2n) is 5.73. The fraction of sp³-hybridized carbons (Fsp3) is 0.533. The van der Waals surface area contributed by atoms with Crippen LogP contribution < -0.4 is 5.32 Å². The zero-order valence-corrected chi connectivity index (χ0v) is 12.2. The lowest BCUT2D eigenvalue weighted by Gasteiger charge is -2.38. The molecule has 0 unspecified atom stereocenters. The summed E-state index contributed by atoms with van der Waals surface area (Å²) in [6.07, 6.45) is 3.33. The average Bonchev–Trinajstić information content (AvgIpc) is 2.87. The highest BCUT2D eigenvalue weighted by Gasteiger charge is 2.38. The summed E-state index contributed by atoms with van der Waals surface area (Å²) in [4.78, 5) is 14.2. The molecule has 110 valence electrons. The van der Waals surface area contributed by atoms with Gasteiger partial charge in [0.25, 0.3) is 5.91 Å². The molecule has 2 fully saturated rings. The number of hydrogen-bond acceptors (Lipinski definition) is 2. The van der Waals surface area contributed by atoms with Crippen molar-refractivity contribution in [3.63, 3.8) is 0 Å². The van der Waals surface area contributed by atoms with E-state index in [1.165, 1.54) is 18.6 Å².